The minimum Gasteiger partial charge on any atom is -0.371 e. The summed E-state index contributed by atoms with van der Waals surface area (Å²) in [6, 6.07) is 0.532. The lowest BCUT2D eigenvalue weighted by Crippen LogP contribution is -2.40. The van der Waals surface area contributed by atoms with Crippen LogP contribution in [0.25, 0.3) is 0 Å². The molecule has 0 radical (unpaired) electrons. The van der Waals surface area contributed by atoms with Crippen molar-refractivity contribution in [2.24, 2.45) is 4.99 Å². The molecular formula is C10H18N2OS. The zero-order valence-corrected chi connectivity index (χ0v) is 9.31. The predicted octanol–water partition coefficient (Wildman–Crippen LogP) is 1.07. The molecule has 14 heavy (non-hydrogen) atoms. The topological polar surface area (TPSA) is 41.5 Å². The molecule has 0 aromatic heterocycles. The fraction of sp³-hybridized carbons (Fsp3) is 0.900. The summed E-state index contributed by atoms with van der Waals surface area (Å²) in [6.07, 6.45) is 5.71. The molecule has 0 atom stereocenters. The van der Waals surface area contributed by atoms with Crippen LogP contribution in [0.1, 0.15) is 32.1 Å². The van der Waals surface area contributed by atoms with Gasteiger partial charge in [-0.15, -0.1) is 0 Å². The average Bonchev–Trinajstić information content (AvgIpc) is 2.23. The predicted molar refractivity (Wildman–Crippen MR) is 60.2 cm³/mol. The quantitative estimate of drug-likeness (QED) is 0.709. The first-order valence-corrected chi connectivity index (χ1v) is 6.98. The van der Waals surface area contributed by atoms with Crippen molar-refractivity contribution in [3.05, 3.63) is 0 Å². The van der Waals surface area contributed by atoms with Gasteiger partial charge in [0.15, 0.2) is 0 Å². The van der Waals surface area contributed by atoms with Gasteiger partial charge in [-0.05, 0) is 25.7 Å². The standard InChI is InChI=1S/C10H18N2OS/c13-14-7-4-9(5-8-14)12-10-3-1-2-6-11-10/h9H,1-8H2,(H,11,12). The molecule has 3 nitrogen and oxygen atoms in total. The minimum atomic E-state index is -0.547. The van der Waals surface area contributed by atoms with Crippen LogP contribution in [0.5, 0.6) is 0 Å². The van der Waals surface area contributed by atoms with E-state index in [2.05, 4.69) is 10.3 Å². The Balaban J connectivity index is 1.79. The van der Waals surface area contributed by atoms with Crippen molar-refractivity contribution in [3.8, 4) is 0 Å². The highest BCUT2D eigenvalue weighted by molar-refractivity contribution is 7.85. The molecular weight excluding hydrogens is 196 g/mol. The van der Waals surface area contributed by atoms with Crippen LogP contribution in [0, 0.1) is 0 Å². The molecule has 2 aliphatic rings. The summed E-state index contributed by atoms with van der Waals surface area (Å²) < 4.78 is 11.2. The third-order valence-corrected chi connectivity index (χ3v) is 4.27. The van der Waals surface area contributed by atoms with E-state index in [-0.39, 0.29) is 0 Å². The Bertz CT molecular complexity index is 243. The Morgan fingerprint density at radius 1 is 1.29 bits per heavy atom. The van der Waals surface area contributed by atoms with Gasteiger partial charge in [-0.1, -0.05) is 0 Å². The van der Waals surface area contributed by atoms with Crippen LogP contribution in [-0.4, -0.2) is 34.1 Å². The van der Waals surface area contributed by atoms with Crippen molar-refractivity contribution in [3.63, 3.8) is 0 Å². The first kappa shape index (κ1) is 10.1. The maximum absolute atomic E-state index is 11.2. The number of nitrogens with zero attached hydrogens (tertiary/aromatic N) is 1. The molecule has 80 valence electrons. The molecule has 0 aromatic rings. The molecule has 0 saturated carbocycles. The second-order valence-electron chi connectivity index (χ2n) is 4.05. The van der Waals surface area contributed by atoms with Crippen molar-refractivity contribution in [2.45, 2.75) is 38.1 Å². The van der Waals surface area contributed by atoms with Gasteiger partial charge >= 0.3 is 0 Å². The largest absolute Gasteiger partial charge is 0.371 e. The third kappa shape index (κ3) is 2.80. The van der Waals surface area contributed by atoms with E-state index in [1.807, 2.05) is 0 Å². The maximum atomic E-state index is 11.2. The van der Waals surface area contributed by atoms with Crippen LogP contribution in [0.2, 0.25) is 0 Å². The molecule has 4 heteroatoms. The van der Waals surface area contributed by atoms with E-state index in [9.17, 15) is 4.21 Å². The van der Waals surface area contributed by atoms with Gasteiger partial charge in [0.25, 0.3) is 0 Å². The number of aliphatic imine (C=N–C) groups is 1. The van der Waals surface area contributed by atoms with Crippen molar-refractivity contribution >= 4 is 16.6 Å². The molecule has 0 aromatic carbocycles. The summed E-state index contributed by atoms with van der Waals surface area (Å²) in [5.74, 6) is 2.92. The molecule has 1 fully saturated rings. The van der Waals surface area contributed by atoms with E-state index in [4.69, 9.17) is 0 Å². The summed E-state index contributed by atoms with van der Waals surface area (Å²) in [5.41, 5.74) is 0. The Labute approximate surface area is 87.8 Å². The molecule has 0 unspecified atom stereocenters. The van der Waals surface area contributed by atoms with Crippen LogP contribution < -0.4 is 5.32 Å². The van der Waals surface area contributed by atoms with E-state index in [0.29, 0.717) is 6.04 Å². The average molecular weight is 214 g/mol. The Hall–Kier alpha value is -0.380. The lowest BCUT2D eigenvalue weighted by atomic mass is 10.1. The Morgan fingerprint density at radius 2 is 2.07 bits per heavy atom. The van der Waals surface area contributed by atoms with Crippen LogP contribution in [-0.2, 0) is 10.8 Å². The number of nitrogens with one attached hydrogen (secondary N) is 1. The number of hydrogen-bond acceptors (Lipinski definition) is 3. The van der Waals surface area contributed by atoms with Crippen molar-refractivity contribution in [1.82, 2.24) is 5.32 Å². The second kappa shape index (κ2) is 4.91. The fourth-order valence-corrected chi connectivity index (χ4v) is 3.29. The molecule has 2 heterocycles. The highest BCUT2D eigenvalue weighted by atomic mass is 32.2. The summed E-state index contributed by atoms with van der Waals surface area (Å²) in [4.78, 5) is 4.47. The normalized spacial score (nSPS) is 33.6. The third-order valence-electron chi connectivity index (χ3n) is 2.88. The van der Waals surface area contributed by atoms with E-state index in [1.54, 1.807) is 0 Å². The number of amidine groups is 1. The summed E-state index contributed by atoms with van der Waals surface area (Å²) in [7, 11) is -0.547. The van der Waals surface area contributed by atoms with Gasteiger partial charge < -0.3 is 5.32 Å². The molecule has 1 N–H and O–H groups in total. The molecule has 0 spiro atoms. The van der Waals surface area contributed by atoms with E-state index in [0.717, 1.165) is 37.3 Å². The Kier molecular flexibility index (Phi) is 3.56. The van der Waals surface area contributed by atoms with Crippen LogP contribution in [0.15, 0.2) is 4.99 Å². The molecule has 0 bridgehead atoms. The van der Waals surface area contributed by atoms with Crippen LogP contribution in [0.4, 0.5) is 0 Å². The monoisotopic (exact) mass is 214 g/mol. The molecule has 2 aliphatic heterocycles. The smallest absolute Gasteiger partial charge is 0.0965 e. The number of hydrogen-bond donors (Lipinski definition) is 1. The van der Waals surface area contributed by atoms with Crippen molar-refractivity contribution in [2.75, 3.05) is 18.1 Å². The van der Waals surface area contributed by atoms with E-state index in [1.165, 1.54) is 18.7 Å². The second-order valence-corrected chi connectivity index (χ2v) is 5.75. The molecule has 2 rings (SSSR count). The summed E-state index contributed by atoms with van der Waals surface area (Å²) in [5, 5.41) is 3.49. The highest BCUT2D eigenvalue weighted by Crippen LogP contribution is 2.11. The zero-order valence-electron chi connectivity index (χ0n) is 8.50. The highest BCUT2D eigenvalue weighted by Gasteiger charge is 2.18. The first-order chi connectivity index (χ1) is 6.84. The van der Waals surface area contributed by atoms with Crippen molar-refractivity contribution < 1.29 is 4.21 Å². The van der Waals surface area contributed by atoms with Gasteiger partial charge in [-0.2, -0.15) is 0 Å². The molecule has 0 aliphatic carbocycles. The first-order valence-electron chi connectivity index (χ1n) is 5.49. The number of rotatable bonds is 1. The lowest BCUT2D eigenvalue weighted by molar-refractivity contribution is 0.539. The minimum absolute atomic E-state index is 0.532. The van der Waals surface area contributed by atoms with Crippen molar-refractivity contribution in [1.29, 1.82) is 0 Å². The van der Waals surface area contributed by atoms with E-state index >= 15 is 0 Å². The lowest BCUT2D eigenvalue weighted by Gasteiger charge is -2.25. The summed E-state index contributed by atoms with van der Waals surface area (Å²) >= 11 is 0. The van der Waals surface area contributed by atoms with Gasteiger partial charge in [0.2, 0.25) is 0 Å². The van der Waals surface area contributed by atoms with Crippen LogP contribution in [0.3, 0.4) is 0 Å². The van der Waals surface area contributed by atoms with E-state index < -0.39 is 10.8 Å². The molecule has 1 saturated heterocycles. The van der Waals surface area contributed by atoms with Crippen LogP contribution >= 0.6 is 0 Å². The van der Waals surface area contributed by atoms with Gasteiger partial charge in [-0.25, -0.2) is 0 Å². The maximum Gasteiger partial charge on any atom is 0.0965 e. The van der Waals surface area contributed by atoms with Gasteiger partial charge in [0.1, 0.15) is 0 Å². The van der Waals surface area contributed by atoms with Gasteiger partial charge in [0.05, 0.1) is 5.84 Å². The zero-order chi connectivity index (χ0) is 9.80. The SMILES string of the molecule is O=S1CCC(NC2=NCCCC2)CC1. The van der Waals surface area contributed by atoms with Gasteiger partial charge in [0, 0.05) is 41.3 Å². The Morgan fingerprint density at radius 3 is 2.71 bits per heavy atom. The molecule has 0 amide bonds. The fourth-order valence-electron chi connectivity index (χ4n) is 1.99. The van der Waals surface area contributed by atoms with Gasteiger partial charge in [-0.3, -0.25) is 9.20 Å². The summed E-state index contributed by atoms with van der Waals surface area (Å²) in [6.45, 7) is 0.987.